The lowest BCUT2D eigenvalue weighted by atomic mass is 10.2. The number of hydrogen-bond donors (Lipinski definition) is 0. The Labute approximate surface area is 134 Å². The van der Waals surface area contributed by atoms with Crippen molar-refractivity contribution < 1.29 is 14.0 Å². The number of carbonyl (C=O) groups is 1. The molecular formula is C16H25NO3Si2. The van der Waals surface area contributed by atoms with E-state index in [1.54, 1.807) is 0 Å². The molecule has 2 aromatic rings. The van der Waals surface area contributed by atoms with Gasteiger partial charge in [0.05, 0.1) is 0 Å². The Morgan fingerprint density at radius 1 is 1.09 bits per heavy atom. The van der Waals surface area contributed by atoms with Crippen LogP contribution in [-0.4, -0.2) is 33.4 Å². The van der Waals surface area contributed by atoms with Crippen molar-refractivity contribution in [3.8, 4) is 5.75 Å². The second-order valence-electron chi connectivity index (χ2n) is 7.43. The number of para-hydroxylation sites is 1. The van der Waals surface area contributed by atoms with Crippen molar-refractivity contribution in [2.45, 2.75) is 39.3 Å². The third-order valence-corrected chi connectivity index (χ3v) is 5.82. The zero-order valence-corrected chi connectivity index (χ0v) is 16.3. The molecule has 0 aliphatic rings. The summed E-state index contributed by atoms with van der Waals surface area (Å²) in [5.74, 6) is 0.467. The number of nitrogens with zero attached hydrogens (tertiary/aromatic N) is 1. The second-order valence-corrected chi connectivity index (χ2v) is 16.7. The van der Waals surface area contributed by atoms with E-state index in [0.29, 0.717) is 0 Å². The number of ether oxygens (including phenoxy) is 1. The van der Waals surface area contributed by atoms with Crippen molar-refractivity contribution in [1.82, 2.24) is 4.23 Å². The number of benzene rings is 1. The molecule has 0 radical (unpaired) electrons. The minimum absolute atomic E-state index is 0.0377. The van der Waals surface area contributed by atoms with E-state index in [0.717, 1.165) is 16.7 Å². The zero-order chi connectivity index (χ0) is 16.5. The van der Waals surface area contributed by atoms with Crippen LogP contribution in [0.2, 0.25) is 39.3 Å². The number of aromatic nitrogens is 1. The van der Waals surface area contributed by atoms with Crippen molar-refractivity contribution in [1.29, 1.82) is 0 Å². The number of carbonyl (C=O) groups excluding carboxylic acids is 1. The van der Waals surface area contributed by atoms with Crippen LogP contribution in [0.25, 0.3) is 10.9 Å². The maximum Gasteiger partial charge on any atom is 0.330 e. The molecule has 0 aliphatic carbocycles. The molecule has 1 aromatic heterocycles. The highest BCUT2D eigenvalue weighted by atomic mass is 28.4. The Morgan fingerprint density at radius 3 is 2.32 bits per heavy atom. The molecule has 120 valence electrons. The summed E-state index contributed by atoms with van der Waals surface area (Å²) < 4.78 is 13.5. The molecule has 0 unspecified atom stereocenters. The number of fused-ring (bicyclic) bond motifs is 1. The predicted molar refractivity (Wildman–Crippen MR) is 95.6 cm³/mol. The van der Waals surface area contributed by atoms with Gasteiger partial charge in [-0.25, -0.2) is 4.79 Å². The van der Waals surface area contributed by atoms with Gasteiger partial charge in [-0.15, -0.1) is 0 Å². The molecule has 0 fully saturated rings. The molecule has 1 heterocycles. The van der Waals surface area contributed by atoms with Gasteiger partial charge in [-0.2, -0.15) is 0 Å². The Morgan fingerprint density at radius 2 is 1.73 bits per heavy atom. The van der Waals surface area contributed by atoms with Crippen LogP contribution in [0.5, 0.6) is 5.75 Å². The third-order valence-electron chi connectivity index (χ3n) is 3.16. The highest BCUT2D eigenvalue weighted by Crippen LogP contribution is 2.30. The van der Waals surface area contributed by atoms with Gasteiger partial charge >= 0.3 is 5.97 Å². The Bertz CT molecular complexity index is 681. The maximum absolute atomic E-state index is 11.9. The molecule has 0 N–H and O–H groups in total. The summed E-state index contributed by atoms with van der Waals surface area (Å²) in [6.45, 7) is 12.8. The minimum atomic E-state index is -1.86. The molecule has 2 rings (SSSR count). The average molecular weight is 336 g/mol. The lowest BCUT2D eigenvalue weighted by Gasteiger charge is -2.19. The molecular weight excluding hydrogens is 310 g/mol. The molecule has 22 heavy (non-hydrogen) atoms. The highest BCUT2D eigenvalue weighted by Gasteiger charge is 2.23. The van der Waals surface area contributed by atoms with Gasteiger partial charge in [-0.3, -0.25) is 0 Å². The number of rotatable bonds is 5. The van der Waals surface area contributed by atoms with E-state index in [1.165, 1.54) is 0 Å². The van der Waals surface area contributed by atoms with Gasteiger partial charge in [-0.05, 0) is 31.8 Å². The van der Waals surface area contributed by atoms with Crippen LogP contribution in [0, 0.1) is 0 Å². The van der Waals surface area contributed by atoms with Gasteiger partial charge in [-0.1, -0.05) is 31.8 Å². The summed E-state index contributed by atoms with van der Waals surface area (Å²) in [7, 11) is -3.41. The lowest BCUT2D eigenvalue weighted by Crippen LogP contribution is -2.32. The topological polar surface area (TPSA) is 40.5 Å². The highest BCUT2D eigenvalue weighted by molar-refractivity contribution is 6.75. The first-order valence-corrected chi connectivity index (χ1v) is 14.4. The summed E-state index contributed by atoms with van der Waals surface area (Å²) >= 11 is 0. The standard InChI is InChI=1S/C16H25NO3Si2/c1-21(2,3)17-11-15(13-9-7-8-10-14(13)17)19-12-16(18)20-22(4,5)6/h7-11H,12H2,1-6H3. The molecule has 4 nitrogen and oxygen atoms in total. The van der Waals surface area contributed by atoms with Crippen LogP contribution in [0.3, 0.4) is 0 Å². The first-order valence-electron chi connectivity index (χ1n) is 7.53. The largest absolute Gasteiger partial charge is 0.517 e. The molecule has 6 heteroatoms. The van der Waals surface area contributed by atoms with E-state index in [4.69, 9.17) is 9.16 Å². The monoisotopic (exact) mass is 335 g/mol. The maximum atomic E-state index is 11.9. The Hall–Kier alpha value is -1.54. The minimum Gasteiger partial charge on any atom is -0.517 e. The van der Waals surface area contributed by atoms with Crippen molar-refractivity contribution in [2.75, 3.05) is 6.61 Å². The quantitative estimate of drug-likeness (QED) is 0.773. The predicted octanol–water partition coefficient (Wildman–Crippen LogP) is 4.08. The summed E-state index contributed by atoms with van der Waals surface area (Å²) in [6, 6.07) is 8.15. The lowest BCUT2D eigenvalue weighted by molar-refractivity contribution is -0.137. The normalized spacial score (nSPS) is 12.5. The van der Waals surface area contributed by atoms with Gasteiger partial charge in [0.2, 0.25) is 8.32 Å². The summed E-state index contributed by atoms with van der Waals surface area (Å²) in [5.41, 5.74) is 1.16. The molecule has 0 atom stereocenters. The van der Waals surface area contributed by atoms with Gasteiger partial charge in [0, 0.05) is 17.1 Å². The molecule has 0 spiro atoms. The molecule has 0 bridgehead atoms. The summed E-state index contributed by atoms with van der Waals surface area (Å²) in [5, 5.41) is 1.05. The van der Waals surface area contributed by atoms with E-state index < -0.39 is 16.6 Å². The van der Waals surface area contributed by atoms with Crippen molar-refractivity contribution in [3.05, 3.63) is 30.5 Å². The second kappa shape index (κ2) is 5.93. The van der Waals surface area contributed by atoms with E-state index in [-0.39, 0.29) is 12.6 Å². The van der Waals surface area contributed by atoms with E-state index in [1.807, 2.05) is 44.0 Å². The van der Waals surface area contributed by atoms with Crippen LogP contribution >= 0.6 is 0 Å². The van der Waals surface area contributed by atoms with Crippen LogP contribution in [0.1, 0.15) is 0 Å². The molecule has 0 amide bonds. The Balaban J connectivity index is 2.24. The first-order chi connectivity index (χ1) is 10.1. The van der Waals surface area contributed by atoms with Crippen LogP contribution in [0.15, 0.2) is 30.5 Å². The van der Waals surface area contributed by atoms with Gasteiger partial charge in [0.15, 0.2) is 14.8 Å². The third kappa shape index (κ3) is 4.01. The molecule has 0 saturated heterocycles. The van der Waals surface area contributed by atoms with Crippen LogP contribution < -0.4 is 4.74 Å². The van der Waals surface area contributed by atoms with Gasteiger partial charge in [0.25, 0.3) is 0 Å². The SMILES string of the molecule is C[Si](C)(C)OC(=O)COc1cn([Si](C)(C)C)c2ccccc12. The molecule has 0 aliphatic heterocycles. The zero-order valence-electron chi connectivity index (χ0n) is 14.3. The Kier molecular flexibility index (Phi) is 4.53. The van der Waals surface area contributed by atoms with E-state index >= 15 is 0 Å². The van der Waals surface area contributed by atoms with Gasteiger partial charge < -0.3 is 13.4 Å². The smallest absolute Gasteiger partial charge is 0.330 e. The van der Waals surface area contributed by atoms with Crippen LogP contribution in [0.4, 0.5) is 0 Å². The average Bonchev–Trinajstić information content (AvgIpc) is 2.73. The fourth-order valence-corrected chi connectivity index (χ4v) is 4.49. The fraction of sp³-hybridized carbons (Fsp3) is 0.438. The summed E-state index contributed by atoms with van der Waals surface area (Å²) in [4.78, 5) is 11.9. The van der Waals surface area contributed by atoms with Crippen molar-refractivity contribution in [2.24, 2.45) is 0 Å². The van der Waals surface area contributed by atoms with E-state index in [9.17, 15) is 4.79 Å². The first kappa shape index (κ1) is 16.8. The fourth-order valence-electron chi connectivity index (χ4n) is 2.33. The molecule has 1 aromatic carbocycles. The number of hydrogen-bond acceptors (Lipinski definition) is 3. The van der Waals surface area contributed by atoms with Crippen molar-refractivity contribution >= 4 is 33.4 Å². The summed E-state index contributed by atoms with van der Waals surface area (Å²) in [6.07, 6.45) is 2.03. The van der Waals surface area contributed by atoms with E-state index in [2.05, 4.69) is 29.9 Å². The molecule has 0 saturated carbocycles. The van der Waals surface area contributed by atoms with Crippen LogP contribution in [-0.2, 0) is 9.22 Å². The van der Waals surface area contributed by atoms with Crippen molar-refractivity contribution in [3.63, 3.8) is 0 Å². The van der Waals surface area contributed by atoms with Gasteiger partial charge in [0.1, 0.15) is 5.75 Å².